The molecule has 4 rings (SSSR count). The SMILES string of the molecule is O=C1NCCc2[nH]c(-c3ccnc(-c4c(Cl)cccc4Cl)n3)cc21. The minimum absolute atomic E-state index is 0.0674. The van der Waals surface area contributed by atoms with Crippen molar-refractivity contribution >= 4 is 29.1 Å². The number of amides is 1. The van der Waals surface area contributed by atoms with Crippen LogP contribution in [-0.2, 0) is 6.42 Å². The third-order valence-electron chi connectivity index (χ3n) is 3.92. The summed E-state index contributed by atoms with van der Waals surface area (Å²) in [6.45, 7) is 0.635. The maximum Gasteiger partial charge on any atom is 0.253 e. The highest BCUT2D eigenvalue weighted by Gasteiger charge is 2.21. The van der Waals surface area contributed by atoms with Crippen LogP contribution < -0.4 is 5.32 Å². The molecule has 1 aliphatic heterocycles. The number of hydrogen-bond donors (Lipinski definition) is 2. The largest absolute Gasteiger partial charge is 0.356 e. The Morgan fingerprint density at radius 3 is 2.67 bits per heavy atom. The van der Waals surface area contributed by atoms with Crippen LogP contribution in [0.2, 0.25) is 10.0 Å². The smallest absolute Gasteiger partial charge is 0.253 e. The van der Waals surface area contributed by atoms with Crippen molar-refractivity contribution in [2.75, 3.05) is 6.54 Å². The standard InChI is InChI=1S/C17H12Cl2N4O/c18-10-2-1-3-11(19)15(10)16-20-6-5-13(23-16)14-8-9-12(22-14)4-7-21-17(9)24/h1-3,5-6,8,22H,4,7H2,(H,21,24). The molecule has 0 saturated carbocycles. The van der Waals surface area contributed by atoms with Crippen molar-refractivity contribution in [1.29, 1.82) is 0 Å². The minimum Gasteiger partial charge on any atom is -0.356 e. The molecule has 0 fully saturated rings. The number of benzene rings is 1. The Balaban J connectivity index is 1.80. The molecule has 2 aromatic heterocycles. The lowest BCUT2D eigenvalue weighted by Gasteiger charge is -2.10. The van der Waals surface area contributed by atoms with Crippen molar-refractivity contribution in [2.24, 2.45) is 0 Å². The number of carbonyl (C=O) groups excluding carboxylic acids is 1. The van der Waals surface area contributed by atoms with Crippen LogP contribution in [0.15, 0.2) is 36.5 Å². The van der Waals surface area contributed by atoms with Crippen LogP contribution in [0.4, 0.5) is 0 Å². The zero-order valence-corrected chi connectivity index (χ0v) is 13.9. The van der Waals surface area contributed by atoms with Crippen LogP contribution in [0, 0.1) is 0 Å². The highest BCUT2D eigenvalue weighted by Crippen LogP contribution is 2.33. The van der Waals surface area contributed by atoms with E-state index in [-0.39, 0.29) is 5.91 Å². The second kappa shape index (κ2) is 5.92. The van der Waals surface area contributed by atoms with E-state index in [0.29, 0.717) is 39.2 Å². The van der Waals surface area contributed by atoms with E-state index >= 15 is 0 Å². The summed E-state index contributed by atoms with van der Waals surface area (Å²) in [6, 6.07) is 8.86. The van der Waals surface area contributed by atoms with Gasteiger partial charge in [-0.05, 0) is 24.3 Å². The fraction of sp³-hybridized carbons (Fsp3) is 0.118. The van der Waals surface area contributed by atoms with Crippen LogP contribution in [0.5, 0.6) is 0 Å². The number of nitrogens with zero attached hydrogens (tertiary/aromatic N) is 2. The van der Waals surface area contributed by atoms with Gasteiger partial charge in [0.25, 0.3) is 5.91 Å². The molecule has 0 aliphatic carbocycles. The number of carbonyl (C=O) groups is 1. The lowest BCUT2D eigenvalue weighted by atomic mass is 10.1. The number of nitrogens with one attached hydrogen (secondary N) is 2. The van der Waals surface area contributed by atoms with Gasteiger partial charge in [-0.3, -0.25) is 4.79 Å². The number of hydrogen-bond acceptors (Lipinski definition) is 3. The van der Waals surface area contributed by atoms with E-state index in [4.69, 9.17) is 23.2 Å². The maximum atomic E-state index is 11.9. The Hall–Kier alpha value is -2.37. The van der Waals surface area contributed by atoms with Crippen LogP contribution in [0.1, 0.15) is 16.1 Å². The molecule has 120 valence electrons. The first-order chi connectivity index (χ1) is 11.6. The average Bonchev–Trinajstić information content (AvgIpc) is 3.01. The lowest BCUT2D eigenvalue weighted by Crippen LogP contribution is -2.31. The van der Waals surface area contributed by atoms with E-state index in [0.717, 1.165) is 17.8 Å². The van der Waals surface area contributed by atoms with Gasteiger partial charge < -0.3 is 10.3 Å². The van der Waals surface area contributed by atoms with Crippen LogP contribution in [0.3, 0.4) is 0 Å². The first kappa shape index (κ1) is 15.2. The van der Waals surface area contributed by atoms with E-state index in [9.17, 15) is 4.79 Å². The summed E-state index contributed by atoms with van der Waals surface area (Å²) in [7, 11) is 0. The zero-order chi connectivity index (χ0) is 16.7. The molecule has 0 saturated heterocycles. The van der Waals surface area contributed by atoms with Crippen molar-refractivity contribution in [3.63, 3.8) is 0 Å². The molecular weight excluding hydrogens is 347 g/mol. The van der Waals surface area contributed by atoms with Crippen molar-refractivity contribution in [3.05, 3.63) is 57.8 Å². The second-order valence-corrected chi connectivity index (χ2v) is 6.26. The Bertz CT molecular complexity index is 931. The lowest BCUT2D eigenvalue weighted by molar-refractivity contribution is 0.0946. The number of aromatic nitrogens is 3. The molecule has 0 bridgehead atoms. The molecule has 2 N–H and O–H groups in total. The van der Waals surface area contributed by atoms with E-state index in [1.165, 1.54) is 0 Å². The molecule has 24 heavy (non-hydrogen) atoms. The predicted octanol–water partition coefficient (Wildman–Crippen LogP) is 3.73. The Morgan fingerprint density at radius 2 is 1.92 bits per heavy atom. The number of fused-ring (bicyclic) bond motifs is 1. The van der Waals surface area contributed by atoms with Gasteiger partial charge in [-0.25, -0.2) is 9.97 Å². The Labute approximate surface area is 148 Å². The molecule has 0 unspecified atom stereocenters. The average molecular weight is 359 g/mol. The number of halogens is 2. The zero-order valence-electron chi connectivity index (χ0n) is 12.4. The predicted molar refractivity (Wildman–Crippen MR) is 93.3 cm³/mol. The first-order valence-corrected chi connectivity index (χ1v) is 8.17. The van der Waals surface area contributed by atoms with Crippen LogP contribution >= 0.6 is 23.2 Å². The highest BCUT2D eigenvalue weighted by molar-refractivity contribution is 6.38. The summed E-state index contributed by atoms with van der Waals surface area (Å²) in [5, 5.41) is 3.81. The molecule has 0 radical (unpaired) electrons. The summed E-state index contributed by atoms with van der Waals surface area (Å²) in [5.74, 6) is 0.377. The van der Waals surface area contributed by atoms with Crippen molar-refractivity contribution in [3.8, 4) is 22.8 Å². The molecule has 0 spiro atoms. The van der Waals surface area contributed by atoms with Crippen LogP contribution in [0.25, 0.3) is 22.8 Å². The minimum atomic E-state index is -0.0674. The van der Waals surface area contributed by atoms with E-state index in [1.807, 2.05) is 6.07 Å². The molecule has 3 heterocycles. The van der Waals surface area contributed by atoms with Crippen molar-refractivity contribution in [2.45, 2.75) is 6.42 Å². The van der Waals surface area contributed by atoms with E-state index in [2.05, 4.69) is 20.3 Å². The Kier molecular flexibility index (Phi) is 3.75. The van der Waals surface area contributed by atoms with E-state index < -0.39 is 0 Å². The van der Waals surface area contributed by atoms with Gasteiger partial charge in [0.1, 0.15) is 0 Å². The van der Waals surface area contributed by atoms with Crippen molar-refractivity contribution in [1.82, 2.24) is 20.3 Å². The van der Waals surface area contributed by atoms with Gasteiger partial charge in [0, 0.05) is 24.9 Å². The quantitative estimate of drug-likeness (QED) is 0.733. The molecule has 3 aromatic rings. The molecule has 0 atom stereocenters. The van der Waals surface area contributed by atoms with Crippen molar-refractivity contribution < 1.29 is 4.79 Å². The van der Waals surface area contributed by atoms with Gasteiger partial charge in [0.05, 0.1) is 32.6 Å². The van der Waals surface area contributed by atoms with Gasteiger partial charge in [-0.15, -0.1) is 0 Å². The number of rotatable bonds is 2. The summed E-state index contributed by atoms with van der Waals surface area (Å²) in [5.41, 5.74) is 3.62. The first-order valence-electron chi connectivity index (χ1n) is 7.41. The number of H-pyrrole nitrogens is 1. The topological polar surface area (TPSA) is 70.7 Å². The summed E-state index contributed by atoms with van der Waals surface area (Å²) in [6.07, 6.45) is 2.42. The van der Waals surface area contributed by atoms with E-state index in [1.54, 1.807) is 30.5 Å². The van der Waals surface area contributed by atoms with Gasteiger partial charge in [-0.1, -0.05) is 29.3 Å². The third kappa shape index (κ3) is 2.56. The molecule has 5 nitrogen and oxygen atoms in total. The normalized spacial score (nSPS) is 13.5. The maximum absolute atomic E-state index is 11.9. The monoisotopic (exact) mass is 358 g/mol. The second-order valence-electron chi connectivity index (χ2n) is 5.44. The summed E-state index contributed by atoms with van der Waals surface area (Å²) >= 11 is 12.5. The summed E-state index contributed by atoms with van der Waals surface area (Å²) < 4.78 is 0. The van der Waals surface area contributed by atoms with Gasteiger partial charge in [0.15, 0.2) is 5.82 Å². The fourth-order valence-electron chi connectivity index (χ4n) is 2.77. The Morgan fingerprint density at radius 1 is 1.12 bits per heavy atom. The fourth-order valence-corrected chi connectivity index (χ4v) is 3.34. The molecule has 7 heteroatoms. The molecular formula is C17H12Cl2N4O. The molecule has 1 aromatic carbocycles. The van der Waals surface area contributed by atoms with Crippen LogP contribution in [-0.4, -0.2) is 27.4 Å². The van der Waals surface area contributed by atoms with Gasteiger partial charge in [-0.2, -0.15) is 0 Å². The molecule has 1 amide bonds. The molecule has 1 aliphatic rings. The summed E-state index contributed by atoms with van der Waals surface area (Å²) in [4.78, 5) is 24.0. The van der Waals surface area contributed by atoms with Gasteiger partial charge >= 0.3 is 0 Å². The van der Waals surface area contributed by atoms with Gasteiger partial charge in [0.2, 0.25) is 0 Å². The third-order valence-corrected chi connectivity index (χ3v) is 4.55. The highest BCUT2D eigenvalue weighted by atomic mass is 35.5. The number of aromatic amines is 1.